The monoisotopic (exact) mass is 436 g/mol. The molecule has 0 radical (unpaired) electrons. The molecule has 0 amide bonds. The Hall–Kier alpha value is -2.30. The summed E-state index contributed by atoms with van der Waals surface area (Å²) in [5, 5.41) is 0. The average Bonchev–Trinajstić information content (AvgIpc) is 2.76. The Morgan fingerprint density at radius 3 is 2.67 bits per heavy atom. The molecule has 30 heavy (non-hydrogen) atoms. The summed E-state index contributed by atoms with van der Waals surface area (Å²) < 4.78 is 51.4. The maximum absolute atomic E-state index is 13.7. The van der Waals surface area contributed by atoms with Crippen LogP contribution in [0.5, 0.6) is 11.6 Å². The molecule has 2 aliphatic heterocycles. The SMILES string of the molecule is CCS(=O)(=O)N1CCc2nc(N3CCOCC3)nc(Oc3ccc(F)c(C)c3)c2C1. The van der Waals surface area contributed by atoms with Crippen molar-refractivity contribution in [2.24, 2.45) is 0 Å². The second-order valence-electron chi connectivity index (χ2n) is 7.35. The molecule has 1 fully saturated rings. The first kappa shape index (κ1) is 21.0. The number of ether oxygens (including phenoxy) is 2. The molecule has 8 nitrogen and oxygen atoms in total. The maximum Gasteiger partial charge on any atom is 0.229 e. The highest BCUT2D eigenvalue weighted by Crippen LogP contribution is 2.33. The van der Waals surface area contributed by atoms with Gasteiger partial charge in [-0.1, -0.05) is 0 Å². The molecular formula is C20H25FN4O4S. The van der Waals surface area contributed by atoms with Gasteiger partial charge in [-0.15, -0.1) is 0 Å². The zero-order chi connectivity index (χ0) is 21.3. The average molecular weight is 437 g/mol. The number of aromatic nitrogens is 2. The standard InChI is InChI=1S/C20H25FN4O4S/c1-3-30(26,27)25-7-6-18-16(13-25)19(29-15-4-5-17(21)14(2)12-15)23-20(22-18)24-8-10-28-11-9-24/h4-5,12H,3,6-11,13H2,1-2H3. The molecule has 0 N–H and O–H groups in total. The Morgan fingerprint density at radius 2 is 1.97 bits per heavy atom. The van der Waals surface area contributed by atoms with Crippen LogP contribution >= 0.6 is 0 Å². The lowest BCUT2D eigenvalue weighted by molar-refractivity contribution is 0.122. The highest BCUT2D eigenvalue weighted by Gasteiger charge is 2.30. The molecule has 2 aliphatic rings. The number of rotatable bonds is 5. The first-order chi connectivity index (χ1) is 14.4. The smallest absolute Gasteiger partial charge is 0.229 e. The number of hydrogen-bond donors (Lipinski definition) is 0. The molecule has 10 heteroatoms. The van der Waals surface area contributed by atoms with Crippen molar-refractivity contribution in [1.82, 2.24) is 14.3 Å². The molecule has 1 saturated heterocycles. The van der Waals surface area contributed by atoms with Crippen LogP contribution in [0.4, 0.5) is 10.3 Å². The van der Waals surface area contributed by atoms with Gasteiger partial charge >= 0.3 is 0 Å². The zero-order valence-corrected chi connectivity index (χ0v) is 17.9. The minimum absolute atomic E-state index is 0.0302. The topological polar surface area (TPSA) is 84.9 Å². The lowest BCUT2D eigenvalue weighted by Gasteiger charge is -2.31. The summed E-state index contributed by atoms with van der Waals surface area (Å²) in [4.78, 5) is 11.4. The van der Waals surface area contributed by atoms with Crippen molar-refractivity contribution in [2.45, 2.75) is 26.8 Å². The number of sulfonamides is 1. The van der Waals surface area contributed by atoms with Crippen LogP contribution in [0.25, 0.3) is 0 Å². The predicted octanol–water partition coefficient (Wildman–Crippen LogP) is 2.26. The zero-order valence-electron chi connectivity index (χ0n) is 17.1. The van der Waals surface area contributed by atoms with Gasteiger partial charge in [0.25, 0.3) is 0 Å². The highest BCUT2D eigenvalue weighted by molar-refractivity contribution is 7.89. The van der Waals surface area contributed by atoms with Crippen molar-refractivity contribution in [1.29, 1.82) is 0 Å². The number of benzene rings is 1. The molecule has 0 aliphatic carbocycles. The van der Waals surface area contributed by atoms with Gasteiger partial charge < -0.3 is 14.4 Å². The van der Waals surface area contributed by atoms with E-state index in [0.29, 0.717) is 68.0 Å². The second kappa shape index (κ2) is 8.44. The van der Waals surface area contributed by atoms with Gasteiger partial charge in [0.2, 0.25) is 21.9 Å². The molecule has 162 valence electrons. The van der Waals surface area contributed by atoms with E-state index >= 15 is 0 Å². The Kier molecular flexibility index (Phi) is 5.90. The third kappa shape index (κ3) is 4.26. The molecule has 3 heterocycles. The van der Waals surface area contributed by atoms with E-state index in [1.807, 2.05) is 4.90 Å². The van der Waals surface area contributed by atoms with Crippen LogP contribution in [0.3, 0.4) is 0 Å². The number of halogens is 1. The largest absolute Gasteiger partial charge is 0.438 e. The minimum Gasteiger partial charge on any atom is -0.438 e. The van der Waals surface area contributed by atoms with Crippen LogP contribution in [0.1, 0.15) is 23.7 Å². The lowest BCUT2D eigenvalue weighted by atomic mass is 10.1. The second-order valence-corrected chi connectivity index (χ2v) is 9.61. The van der Waals surface area contributed by atoms with Gasteiger partial charge in [0.05, 0.1) is 30.2 Å². The molecule has 0 atom stereocenters. The summed E-state index contributed by atoms with van der Waals surface area (Å²) in [6.07, 6.45) is 0.479. The minimum atomic E-state index is -3.35. The van der Waals surface area contributed by atoms with Crippen LogP contribution in [0.2, 0.25) is 0 Å². The van der Waals surface area contributed by atoms with E-state index in [2.05, 4.69) is 4.98 Å². The number of anilines is 1. The van der Waals surface area contributed by atoms with Crippen molar-refractivity contribution in [3.63, 3.8) is 0 Å². The predicted molar refractivity (Wildman–Crippen MR) is 110 cm³/mol. The number of nitrogens with zero attached hydrogens (tertiary/aromatic N) is 4. The molecular weight excluding hydrogens is 411 g/mol. The van der Waals surface area contributed by atoms with E-state index in [4.69, 9.17) is 14.5 Å². The van der Waals surface area contributed by atoms with Gasteiger partial charge in [0.15, 0.2) is 0 Å². The van der Waals surface area contributed by atoms with Gasteiger partial charge in [0.1, 0.15) is 11.6 Å². The first-order valence-corrected chi connectivity index (χ1v) is 11.6. The van der Waals surface area contributed by atoms with Gasteiger partial charge in [-0.3, -0.25) is 0 Å². The van der Waals surface area contributed by atoms with E-state index in [1.54, 1.807) is 19.9 Å². The number of fused-ring (bicyclic) bond motifs is 1. The number of aryl methyl sites for hydroxylation is 1. The van der Waals surface area contributed by atoms with E-state index in [0.717, 1.165) is 5.69 Å². The molecule has 0 saturated carbocycles. The maximum atomic E-state index is 13.7. The van der Waals surface area contributed by atoms with Crippen LogP contribution in [0.15, 0.2) is 18.2 Å². The van der Waals surface area contributed by atoms with Crippen LogP contribution < -0.4 is 9.64 Å². The van der Waals surface area contributed by atoms with Crippen LogP contribution in [0, 0.1) is 12.7 Å². The fourth-order valence-corrected chi connectivity index (χ4v) is 4.61. The first-order valence-electron chi connectivity index (χ1n) is 10.0. The molecule has 0 bridgehead atoms. The van der Waals surface area contributed by atoms with Crippen LogP contribution in [-0.2, 0) is 27.7 Å². The highest BCUT2D eigenvalue weighted by atomic mass is 32.2. The summed E-state index contributed by atoms with van der Waals surface area (Å²) >= 11 is 0. The fourth-order valence-electron chi connectivity index (χ4n) is 3.55. The molecule has 1 aromatic carbocycles. The van der Waals surface area contributed by atoms with Gasteiger partial charge in [-0.2, -0.15) is 9.29 Å². The van der Waals surface area contributed by atoms with E-state index in [1.165, 1.54) is 16.4 Å². The lowest BCUT2D eigenvalue weighted by Crippen LogP contribution is -2.40. The van der Waals surface area contributed by atoms with Crippen molar-refractivity contribution in [3.05, 3.63) is 40.8 Å². The van der Waals surface area contributed by atoms with E-state index in [-0.39, 0.29) is 18.1 Å². The summed E-state index contributed by atoms with van der Waals surface area (Å²) in [7, 11) is -3.35. The molecule has 2 aromatic rings. The number of morpholine rings is 1. The van der Waals surface area contributed by atoms with Crippen molar-refractivity contribution in [3.8, 4) is 11.6 Å². The molecule has 4 rings (SSSR count). The Bertz CT molecular complexity index is 1040. The molecule has 1 aromatic heterocycles. The normalized spacial score (nSPS) is 17.6. The Balaban J connectivity index is 1.73. The van der Waals surface area contributed by atoms with Gasteiger partial charge in [-0.05, 0) is 37.6 Å². The summed E-state index contributed by atoms with van der Waals surface area (Å²) in [5.74, 6) is 1.00. The molecule has 0 spiro atoms. The van der Waals surface area contributed by atoms with E-state index < -0.39 is 10.0 Å². The van der Waals surface area contributed by atoms with Gasteiger partial charge in [-0.25, -0.2) is 17.8 Å². The van der Waals surface area contributed by atoms with Crippen LogP contribution in [-0.4, -0.2) is 61.3 Å². The third-order valence-corrected chi connectivity index (χ3v) is 7.20. The fraction of sp³-hybridized carbons (Fsp3) is 0.500. The Labute approximate surface area is 175 Å². The molecule has 0 unspecified atom stereocenters. The third-order valence-electron chi connectivity index (χ3n) is 5.37. The summed E-state index contributed by atoms with van der Waals surface area (Å²) in [5.41, 5.74) is 1.89. The Morgan fingerprint density at radius 1 is 1.20 bits per heavy atom. The van der Waals surface area contributed by atoms with Gasteiger partial charge in [0, 0.05) is 32.6 Å². The van der Waals surface area contributed by atoms with Crippen molar-refractivity contribution < 1.29 is 22.3 Å². The van der Waals surface area contributed by atoms with Crippen molar-refractivity contribution in [2.75, 3.05) is 43.5 Å². The summed E-state index contributed by atoms with van der Waals surface area (Å²) in [6, 6.07) is 4.48. The summed E-state index contributed by atoms with van der Waals surface area (Å²) in [6.45, 7) is 6.34. The van der Waals surface area contributed by atoms with Crippen molar-refractivity contribution >= 4 is 16.0 Å². The number of hydrogen-bond acceptors (Lipinski definition) is 7. The quantitative estimate of drug-likeness (QED) is 0.711. The van der Waals surface area contributed by atoms with E-state index in [9.17, 15) is 12.8 Å².